The molecule has 2 rings (SSSR count). The van der Waals surface area contributed by atoms with Crippen molar-refractivity contribution in [3.8, 4) is 0 Å². The maximum Gasteiger partial charge on any atom is 0.329 e. The van der Waals surface area contributed by atoms with E-state index in [4.69, 9.17) is 4.74 Å². The minimum Gasteiger partial charge on any atom is -0.459 e. The monoisotopic (exact) mass is 271 g/mol. The van der Waals surface area contributed by atoms with Gasteiger partial charge in [0.25, 0.3) is 5.56 Å². The highest BCUT2D eigenvalue weighted by Gasteiger charge is 2.17. The van der Waals surface area contributed by atoms with Gasteiger partial charge in [0.05, 0.1) is 0 Å². The van der Waals surface area contributed by atoms with E-state index in [1.165, 1.54) is 10.6 Å². The SMILES string of the molecule is Cc1ccc(=O)n(C(C)C(=O)OCc2ccccc2)c1. The quantitative estimate of drug-likeness (QED) is 0.803. The van der Waals surface area contributed by atoms with Crippen LogP contribution in [0.4, 0.5) is 0 Å². The summed E-state index contributed by atoms with van der Waals surface area (Å²) < 4.78 is 6.63. The number of hydrogen-bond acceptors (Lipinski definition) is 3. The van der Waals surface area contributed by atoms with Crippen molar-refractivity contribution in [2.24, 2.45) is 0 Å². The lowest BCUT2D eigenvalue weighted by Gasteiger charge is -2.14. The Bertz CT molecular complexity index is 646. The fraction of sp³-hybridized carbons (Fsp3) is 0.250. The highest BCUT2D eigenvalue weighted by Crippen LogP contribution is 2.09. The first-order valence-corrected chi connectivity index (χ1v) is 6.47. The number of ether oxygens (including phenoxy) is 1. The Balaban J connectivity index is 2.05. The molecule has 0 aliphatic heterocycles. The summed E-state index contributed by atoms with van der Waals surface area (Å²) in [5.74, 6) is -0.415. The van der Waals surface area contributed by atoms with E-state index >= 15 is 0 Å². The molecule has 1 aromatic carbocycles. The molecule has 1 aromatic heterocycles. The minimum absolute atomic E-state index is 0.209. The highest BCUT2D eigenvalue weighted by atomic mass is 16.5. The predicted octanol–water partition coefficient (Wildman–Crippen LogP) is 2.46. The molecule has 1 heterocycles. The number of rotatable bonds is 4. The number of nitrogens with zero attached hydrogens (tertiary/aromatic N) is 1. The van der Waals surface area contributed by atoms with Crippen LogP contribution >= 0.6 is 0 Å². The van der Waals surface area contributed by atoms with Crippen LogP contribution in [0, 0.1) is 6.92 Å². The number of aromatic nitrogens is 1. The third-order valence-electron chi connectivity index (χ3n) is 3.07. The molecule has 0 N–H and O–H groups in total. The number of aryl methyl sites for hydroxylation is 1. The van der Waals surface area contributed by atoms with Crippen molar-refractivity contribution < 1.29 is 9.53 Å². The van der Waals surface area contributed by atoms with Gasteiger partial charge in [-0.2, -0.15) is 0 Å². The Labute approximate surface area is 117 Å². The largest absolute Gasteiger partial charge is 0.459 e. The van der Waals surface area contributed by atoms with Gasteiger partial charge in [0.15, 0.2) is 0 Å². The third kappa shape index (κ3) is 3.35. The topological polar surface area (TPSA) is 48.3 Å². The van der Waals surface area contributed by atoms with E-state index in [1.54, 1.807) is 19.2 Å². The lowest BCUT2D eigenvalue weighted by molar-refractivity contribution is -0.148. The zero-order valence-electron chi connectivity index (χ0n) is 11.6. The van der Waals surface area contributed by atoms with Crippen LogP contribution in [0.3, 0.4) is 0 Å². The van der Waals surface area contributed by atoms with Crippen LogP contribution in [-0.4, -0.2) is 10.5 Å². The van der Waals surface area contributed by atoms with Crippen LogP contribution in [0.1, 0.15) is 24.1 Å². The van der Waals surface area contributed by atoms with Crippen LogP contribution < -0.4 is 5.56 Å². The minimum atomic E-state index is -0.633. The maximum atomic E-state index is 12.0. The lowest BCUT2D eigenvalue weighted by Crippen LogP contribution is -2.28. The summed E-state index contributed by atoms with van der Waals surface area (Å²) >= 11 is 0. The van der Waals surface area contributed by atoms with Crippen molar-refractivity contribution in [2.75, 3.05) is 0 Å². The molecule has 20 heavy (non-hydrogen) atoms. The standard InChI is InChI=1S/C16H17NO3/c1-12-8-9-15(18)17(10-12)13(2)16(19)20-11-14-6-4-3-5-7-14/h3-10,13H,11H2,1-2H3. The van der Waals surface area contributed by atoms with Gasteiger partial charge in [-0.15, -0.1) is 0 Å². The van der Waals surface area contributed by atoms with Gasteiger partial charge in [-0.3, -0.25) is 4.79 Å². The lowest BCUT2D eigenvalue weighted by atomic mass is 10.2. The van der Waals surface area contributed by atoms with Crippen LogP contribution in [0.15, 0.2) is 53.5 Å². The van der Waals surface area contributed by atoms with E-state index in [9.17, 15) is 9.59 Å². The molecule has 104 valence electrons. The summed E-state index contributed by atoms with van der Waals surface area (Å²) in [5.41, 5.74) is 1.64. The Morgan fingerprint density at radius 1 is 1.20 bits per heavy atom. The fourth-order valence-corrected chi connectivity index (χ4v) is 1.88. The first-order valence-electron chi connectivity index (χ1n) is 6.47. The van der Waals surface area contributed by atoms with Crippen LogP contribution in [0.2, 0.25) is 0 Å². The molecule has 0 saturated heterocycles. The first-order chi connectivity index (χ1) is 9.58. The van der Waals surface area contributed by atoms with Crippen molar-refractivity contribution in [1.29, 1.82) is 0 Å². The molecule has 0 aliphatic carbocycles. The highest BCUT2D eigenvalue weighted by molar-refractivity contribution is 5.73. The van der Waals surface area contributed by atoms with Gasteiger partial charge >= 0.3 is 5.97 Å². The molecule has 0 spiro atoms. The van der Waals surface area contributed by atoms with Gasteiger partial charge in [-0.1, -0.05) is 36.4 Å². The Hall–Kier alpha value is -2.36. The van der Waals surface area contributed by atoms with Crippen LogP contribution in [0.25, 0.3) is 0 Å². The molecule has 1 unspecified atom stereocenters. The molecule has 4 heteroatoms. The molecule has 0 aliphatic rings. The molecule has 0 fully saturated rings. The smallest absolute Gasteiger partial charge is 0.329 e. The van der Waals surface area contributed by atoms with Crippen molar-refractivity contribution >= 4 is 5.97 Å². The van der Waals surface area contributed by atoms with Gasteiger partial charge in [0.2, 0.25) is 0 Å². The number of carbonyl (C=O) groups excluding carboxylic acids is 1. The van der Waals surface area contributed by atoms with Gasteiger partial charge < -0.3 is 9.30 Å². The zero-order valence-corrected chi connectivity index (χ0v) is 11.6. The van der Waals surface area contributed by atoms with Crippen molar-refractivity contribution in [3.05, 3.63) is 70.1 Å². The van der Waals surface area contributed by atoms with E-state index in [2.05, 4.69) is 0 Å². The number of hydrogen-bond donors (Lipinski definition) is 0. The second-order valence-corrected chi connectivity index (χ2v) is 4.72. The molecular formula is C16H17NO3. The summed E-state index contributed by atoms with van der Waals surface area (Å²) in [4.78, 5) is 23.7. The van der Waals surface area contributed by atoms with Gasteiger partial charge in [-0.05, 0) is 25.0 Å². The fourth-order valence-electron chi connectivity index (χ4n) is 1.88. The zero-order chi connectivity index (χ0) is 14.5. The summed E-state index contributed by atoms with van der Waals surface area (Å²) in [6, 6.07) is 12.0. The normalized spacial score (nSPS) is 11.9. The van der Waals surface area contributed by atoms with E-state index in [-0.39, 0.29) is 12.2 Å². The average Bonchev–Trinajstić information content (AvgIpc) is 2.47. The molecule has 2 aromatic rings. The van der Waals surface area contributed by atoms with Crippen LogP contribution in [-0.2, 0) is 16.1 Å². The van der Waals surface area contributed by atoms with Crippen LogP contribution in [0.5, 0.6) is 0 Å². The molecule has 0 saturated carbocycles. The van der Waals surface area contributed by atoms with E-state index in [1.807, 2.05) is 37.3 Å². The number of carbonyl (C=O) groups is 1. The summed E-state index contributed by atoms with van der Waals surface area (Å²) in [6.45, 7) is 3.75. The molecule has 1 atom stereocenters. The third-order valence-corrected chi connectivity index (χ3v) is 3.07. The number of esters is 1. The molecular weight excluding hydrogens is 254 g/mol. The number of benzene rings is 1. The van der Waals surface area contributed by atoms with Gasteiger partial charge in [-0.25, -0.2) is 4.79 Å². The van der Waals surface area contributed by atoms with E-state index in [0.717, 1.165) is 11.1 Å². The number of pyridine rings is 1. The van der Waals surface area contributed by atoms with Crippen molar-refractivity contribution in [1.82, 2.24) is 4.57 Å². The Kier molecular flexibility index (Phi) is 4.35. The van der Waals surface area contributed by atoms with E-state index < -0.39 is 12.0 Å². The molecule has 0 radical (unpaired) electrons. The average molecular weight is 271 g/mol. The molecule has 0 amide bonds. The summed E-state index contributed by atoms with van der Waals surface area (Å²) in [6.07, 6.45) is 1.66. The molecule has 0 bridgehead atoms. The van der Waals surface area contributed by atoms with Crippen molar-refractivity contribution in [3.63, 3.8) is 0 Å². The summed E-state index contributed by atoms with van der Waals surface area (Å²) in [7, 11) is 0. The molecule has 4 nitrogen and oxygen atoms in total. The Morgan fingerprint density at radius 3 is 2.60 bits per heavy atom. The van der Waals surface area contributed by atoms with E-state index in [0.29, 0.717) is 0 Å². The predicted molar refractivity (Wildman–Crippen MR) is 76.4 cm³/mol. The second kappa shape index (κ2) is 6.19. The Morgan fingerprint density at radius 2 is 1.90 bits per heavy atom. The van der Waals surface area contributed by atoms with Gasteiger partial charge in [0.1, 0.15) is 12.6 Å². The second-order valence-electron chi connectivity index (χ2n) is 4.72. The maximum absolute atomic E-state index is 12.0. The van der Waals surface area contributed by atoms with Crippen molar-refractivity contribution in [2.45, 2.75) is 26.5 Å². The first kappa shape index (κ1) is 14.1. The summed E-state index contributed by atoms with van der Waals surface area (Å²) in [5, 5.41) is 0. The van der Waals surface area contributed by atoms with Gasteiger partial charge in [0, 0.05) is 12.3 Å².